The molecule has 0 saturated carbocycles. The van der Waals surface area contributed by atoms with E-state index in [4.69, 9.17) is 4.18 Å². The molecule has 0 spiro atoms. The van der Waals surface area contributed by atoms with Crippen LogP contribution in [0.1, 0.15) is 15.9 Å². The zero-order valence-corrected chi connectivity index (χ0v) is 16.8. The van der Waals surface area contributed by atoms with Gasteiger partial charge in [0.1, 0.15) is 16.4 Å². The molecule has 0 fully saturated rings. The van der Waals surface area contributed by atoms with E-state index < -0.39 is 22.2 Å². The van der Waals surface area contributed by atoms with E-state index in [2.05, 4.69) is 10.1 Å². The highest BCUT2D eigenvalue weighted by atomic mass is 32.2. The second-order valence-electron chi connectivity index (χ2n) is 6.40. The van der Waals surface area contributed by atoms with Gasteiger partial charge < -0.3 is 14.2 Å². The average molecular weight is 451 g/mol. The van der Waals surface area contributed by atoms with Crippen molar-refractivity contribution in [3.63, 3.8) is 0 Å². The van der Waals surface area contributed by atoms with Gasteiger partial charge in [-0.25, -0.2) is 0 Å². The minimum Gasteiger partial charge on any atom is -0.406 e. The lowest BCUT2D eigenvalue weighted by atomic mass is 10.1. The van der Waals surface area contributed by atoms with Crippen molar-refractivity contribution in [1.82, 2.24) is 0 Å². The Morgan fingerprint density at radius 1 is 0.839 bits per heavy atom. The highest BCUT2D eigenvalue weighted by Crippen LogP contribution is 2.26. The average Bonchev–Trinajstić information content (AvgIpc) is 2.69. The first kappa shape index (κ1) is 22.2. The van der Waals surface area contributed by atoms with Crippen LogP contribution >= 0.6 is 0 Å². The molecule has 1 amide bonds. The fraction of sp³-hybridized carbons (Fsp3) is 0.0952. The van der Waals surface area contributed by atoms with Crippen LogP contribution in [0, 0.1) is 6.92 Å². The third-order valence-corrected chi connectivity index (χ3v) is 5.24. The van der Waals surface area contributed by atoms with Gasteiger partial charge in [-0.3, -0.25) is 4.79 Å². The predicted octanol–water partition coefficient (Wildman–Crippen LogP) is 4.91. The Morgan fingerprint density at radius 3 is 1.94 bits per heavy atom. The highest BCUT2D eigenvalue weighted by Gasteiger charge is 2.31. The largest absolute Gasteiger partial charge is 0.573 e. The van der Waals surface area contributed by atoms with E-state index in [1.807, 2.05) is 6.92 Å². The molecular weight excluding hydrogens is 435 g/mol. The lowest BCUT2D eigenvalue weighted by Gasteiger charge is -2.11. The smallest absolute Gasteiger partial charge is 0.406 e. The monoisotopic (exact) mass is 451 g/mol. The first-order chi connectivity index (χ1) is 14.5. The van der Waals surface area contributed by atoms with Gasteiger partial charge in [0.25, 0.3) is 5.91 Å². The standard InChI is InChI=1S/C21H16F3NO5S/c1-14-2-4-15(5-3-14)20(26)25-16-6-8-18(9-7-16)30-31(27,28)19-12-10-17(11-13-19)29-21(22,23)24/h2-13H,1H3,(H,25,26). The Labute approximate surface area is 176 Å². The summed E-state index contributed by atoms with van der Waals surface area (Å²) in [6, 6.07) is 16.2. The van der Waals surface area contributed by atoms with Crippen LogP contribution in [0.15, 0.2) is 77.7 Å². The molecule has 6 nitrogen and oxygen atoms in total. The molecular formula is C21H16F3NO5S. The summed E-state index contributed by atoms with van der Waals surface area (Å²) < 4.78 is 69.9. The molecule has 0 atom stereocenters. The van der Waals surface area contributed by atoms with Crippen molar-refractivity contribution in [2.75, 3.05) is 5.32 Å². The van der Waals surface area contributed by atoms with Gasteiger partial charge in [-0.05, 0) is 67.6 Å². The molecule has 162 valence electrons. The minimum atomic E-state index is -4.88. The summed E-state index contributed by atoms with van der Waals surface area (Å²) >= 11 is 0. The fourth-order valence-corrected chi connectivity index (χ4v) is 3.41. The van der Waals surface area contributed by atoms with E-state index in [-0.39, 0.29) is 16.6 Å². The van der Waals surface area contributed by atoms with Crippen molar-refractivity contribution in [2.24, 2.45) is 0 Å². The SMILES string of the molecule is Cc1ccc(C(=O)Nc2ccc(OS(=O)(=O)c3ccc(OC(F)(F)F)cc3)cc2)cc1. The molecule has 0 heterocycles. The number of alkyl halides is 3. The van der Waals surface area contributed by atoms with Gasteiger partial charge in [0.05, 0.1) is 0 Å². The summed E-state index contributed by atoms with van der Waals surface area (Å²) in [7, 11) is -4.28. The first-order valence-electron chi connectivity index (χ1n) is 8.80. The Balaban J connectivity index is 1.65. The lowest BCUT2D eigenvalue weighted by Crippen LogP contribution is -2.17. The Kier molecular flexibility index (Phi) is 6.21. The maximum Gasteiger partial charge on any atom is 0.573 e. The van der Waals surface area contributed by atoms with Crippen LogP contribution in [-0.4, -0.2) is 20.7 Å². The van der Waals surface area contributed by atoms with E-state index in [1.54, 1.807) is 24.3 Å². The van der Waals surface area contributed by atoms with Crippen molar-refractivity contribution >= 4 is 21.7 Å². The number of hydrogen-bond acceptors (Lipinski definition) is 5. The molecule has 31 heavy (non-hydrogen) atoms. The van der Waals surface area contributed by atoms with Crippen LogP contribution < -0.4 is 14.2 Å². The molecule has 0 unspecified atom stereocenters. The predicted molar refractivity (Wildman–Crippen MR) is 107 cm³/mol. The number of nitrogens with one attached hydrogen (secondary N) is 1. The lowest BCUT2D eigenvalue weighted by molar-refractivity contribution is -0.274. The van der Waals surface area contributed by atoms with Gasteiger partial charge in [0, 0.05) is 11.3 Å². The molecule has 3 rings (SSSR count). The van der Waals surface area contributed by atoms with Gasteiger partial charge >= 0.3 is 16.5 Å². The molecule has 0 aromatic heterocycles. The Hall–Kier alpha value is -3.53. The number of rotatable bonds is 6. The quantitative estimate of drug-likeness (QED) is 0.539. The number of halogens is 3. The Morgan fingerprint density at radius 2 is 1.39 bits per heavy atom. The van der Waals surface area contributed by atoms with E-state index in [0.717, 1.165) is 29.8 Å². The third kappa shape index (κ3) is 6.22. The van der Waals surface area contributed by atoms with Crippen molar-refractivity contribution < 1.29 is 35.3 Å². The molecule has 3 aromatic carbocycles. The van der Waals surface area contributed by atoms with E-state index in [0.29, 0.717) is 11.3 Å². The molecule has 0 aliphatic carbocycles. The van der Waals surface area contributed by atoms with Crippen molar-refractivity contribution in [3.05, 3.63) is 83.9 Å². The number of amides is 1. The molecule has 1 N–H and O–H groups in total. The van der Waals surface area contributed by atoms with E-state index in [1.165, 1.54) is 24.3 Å². The number of hydrogen-bond donors (Lipinski definition) is 1. The highest BCUT2D eigenvalue weighted by molar-refractivity contribution is 7.87. The maximum atomic E-state index is 12.3. The van der Waals surface area contributed by atoms with Crippen LogP contribution in [-0.2, 0) is 10.1 Å². The second kappa shape index (κ2) is 8.68. The summed E-state index contributed by atoms with van der Waals surface area (Å²) in [5.41, 5.74) is 1.90. The number of carbonyl (C=O) groups excluding carboxylic acids is 1. The van der Waals surface area contributed by atoms with Crippen LogP contribution in [0.25, 0.3) is 0 Å². The van der Waals surface area contributed by atoms with Gasteiger partial charge in [0.2, 0.25) is 0 Å². The maximum absolute atomic E-state index is 12.3. The summed E-state index contributed by atoms with van der Waals surface area (Å²) in [6.07, 6.45) is -4.88. The normalized spacial score (nSPS) is 11.6. The first-order valence-corrected chi connectivity index (χ1v) is 10.2. The molecule has 0 radical (unpaired) electrons. The van der Waals surface area contributed by atoms with Crippen molar-refractivity contribution in [1.29, 1.82) is 0 Å². The second-order valence-corrected chi connectivity index (χ2v) is 7.95. The van der Waals surface area contributed by atoms with Gasteiger partial charge in [-0.15, -0.1) is 13.2 Å². The molecule has 0 aliphatic heterocycles. The zero-order valence-electron chi connectivity index (χ0n) is 16.0. The van der Waals surface area contributed by atoms with Gasteiger partial charge in [-0.1, -0.05) is 17.7 Å². The topological polar surface area (TPSA) is 81.7 Å². The van der Waals surface area contributed by atoms with Crippen LogP contribution in [0.4, 0.5) is 18.9 Å². The van der Waals surface area contributed by atoms with Crippen molar-refractivity contribution in [3.8, 4) is 11.5 Å². The van der Waals surface area contributed by atoms with E-state index >= 15 is 0 Å². The summed E-state index contributed by atoms with van der Waals surface area (Å²) in [5, 5.41) is 2.67. The number of benzene rings is 3. The van der Waals surface area contributed by atoms with E-state index in [9.17, 15) is 26.4 Å². The summed E-state index contributed by atoms with van der Waals surface area (Å²) in [6.45, 7) is 1.90. The van der Waals surface area contributed by atoms with Crippen LogP contribution in [0.2, 0.25) is 0 Å². The van der Waals surface area contributed by atoms with Crippen LogP contribution in [0.3, 0.4) is 0 Å². The number of anilines is 1. The number of ether oxygens (including phenoxy) is 1. The molecule has 0 bridgehead atoms. The number of carbonyl (C=O) groups is 1. The Bertz CT molecular complexity index is 1160. The fourth-order valence-electron chi connectivity index (χ4n) is 2.48. The molecule has 0 aliphatic rings. The zero-order chi connectivity index (χ0) is 22.6. The van der Waals surface area contributed by atoms with Gasteiger partial charge in [-0.2, -0.15) is 8.42 Å². The molecule has 0 saturated heterocycles. The van der Waals surface area contributed by atoms with Gasteiger partial charge in [0.15, 0.2) is 0 Å². The van der Waals surface area contributed by atoms with Crippen LogP contribution in [0.5, 0.6) is 11.5 Å². The molecule has 3 aromatic rings. The third-order valence-electron chi connectivity index (χ3n) is 3.98. The summed E-state index contributed by atoms with van der Waals surface area (Å²) in [5.74, 6) is -0.925. The molecule has 10 heteroatoms. The number of aryl methyl sites for hydroxylation is 1. The summed E-state index contributed by atoms with van der Waals surface area (Å²) in [4.78, 5) is 11.9. The minimum absolute atomic E-state index is 0.0380. The van der Waals surface area contributed by atoms with Crippen molar-refractivity contribution in [2.45, 2.75) is 18.2 Å².